The summed E-state index contributed by atoms with van der Waals surface area (Å²) in [7, 11) is -1.82. The molecule has 1 aromatic carbocycles. The second-order valence-electron chi connectivity index (χ2n) is 5.72. The van der Waals surface area contributed by atoms with Crippen molar-refractivity contribution in [1.29, 1.82) is 0 Å². The van der Waals surface area contributed by atoms with Crippen molar-refractivity contribution in [3.8, 4) is 11.5 Å². The lowest BCUT2D eigenvalue weighted by Gasteiger charge is -2.29. The zero-order valence-corrected chi connectivity index (χ0v) is 14.0. The van der Waals surface area contributed by atoms with Gasteiger partial charge < -0.3 is 14.2 Å². The van der Waals surface area contributed by atoms with Gasteiger partial charge in [0.25, 0.3) is 10.2 Å². The molecular weight excluding hydrogens is 320 g/mol. The summed E-state index contributed by atoms with van der Waals surface area (Å²) in [6.45, 7) is 2.56. The maximum Gasteiger partial charge on any atom is 0.279 e. The molecule has 0 aromatic heterocycles. The van der Waals surface area contributed by atoms with Crippen molar-refractivity contribution in [3.63, 3.8) is 0 Å². The van der Waals surface area contributed by atoms with Gasteiger partial charge >= 0.3 is 0 Å². The normalized spacial score (nSPS) is 22.2. The van der Waals surface area contributed by atoms with Gasteiger partial charge in [-0.05, 0) is 18.1 Å². The van der Waals surface area contributed by atoms with E-state index in [1.54, 1.807) is 7.11 Å². The van der Waals surface area contributed by atoms with Gasteiger partial charge in [0.15, 0.2) is 0 Å². The van der Waals surface area contributed by atoms with Crippen LogP contribution in [0.5, 0.6) is 11.5 Å². The maximum atomic E-state index is 12.3. The summed E-state index contributed by atoms with van der Waals surface area (Å²) in [4.78, 5) is 0. The third-order valence-corrected chi connectivity index (χ3v) is 5.70. The Labute approximate surface area is 136 Å². The average Bonchev–Trinajstić information content (AvgIpc) is 2.60. The van der Waals surface area contributed by atoms with Crippen LogP contribution in [0.3, 0.4) is 0 Å². The molecule has 0 aliphatic carbocycles. The molecule has 2 heterocycles. The Kier molecular flexibility index (Phi) is 5.05. The zero-order chi connectivity index (χ0) is 16.3. The Balaban J connectivity index is 1.57. The van der Waals surface area contributed by atoms with Crippen molar-refractivity contribution < 1.29 is 22.6 Å². The topological polar surface area (TPSA) is 77.1 Å². The minimum absolute atomic E-state index is 0.117. The number of morpholine rings is 1. The number of fused-ring (bicyclic) bond motifs is 1. The summed E-state index contributed by atoms with van der Waals surface area (Å²) in [5, 5.41) is 0. The smallest absolute Gasteiger partial charge is 0.279 e. The number of nitrogens with zero attached hydrogens (tertiary/aromatic N) is 1. The summed E-state index contributed by atoms with van der Waals surface area (Å²) in [6, 6.07) is 5.72. The molecule has 2 aliphatic rings. The highest BCUT2D eigenvalue weighted by molar-refractivity contribution is 7.87. The third kappa shape index (κ3) is 3.95. The molecule has 7 nitrogen and oxygen atoms in total. The highest BCUT2D eigenvalue weighted by Gasteiger charge is 2.26. The van der Waals surface area contributed by atoms with Crippen LogP contribution in [0.1, 0.15) is 5.56 Å². The standard InChI is InChI=1S/C15H22N2O5S/c1-20-14-3-2-13-8-12(11-22-15(13)9-14)10-16-23(18,19)17-4-6-21-7-5-17/h2-3,9,12,16H,4-8,10-11H2,1H3/t12-/m1/s1. The van der Waals surface area contributed by atoms with E-state index in [4.69, 9.17) is 14.2 Å². The summed E-state index contributed by atoms with van der Waals surface area (Å²) in [5.41, 5.74) is 1.08. The fraction of sp³-hybridized carbons (Fsp3) is 0.600. The molecule has 2 aliphatic heterocycles. The molecule has 128 valence electrons. The van der Waals surface area contributed by atoms with Gasteiger partial charge in [-0.25, -0.2) is 4.72 Å². The van der Waals surface area contributed by atoms with Crippen LogP contribution in [0.4, 0.5) is 0 Å². The van der Waals surface area contributed by atoms with E-state index < -0.39 is 10.2 Å². The first-order valence-electron chi connectivity index (χ1n) is 7.70. The van der Waals surface area contributed by atoms with Crippen molar-refractivity contribution in [2.75, 3.05) is 46.6 Å². The molecule has 3 rings (SSSR count). The Hall–Kier alpha value is -1.35. The van der Waals surface area contributed by atoms with E-state index in [1.165, 1.54) is 4.31 Å². The van der Waals surface area contributed by atoms with Crippen molar-refractivity contribution in [2.45, 2.75) is 6.42 Å². The molecule has 0 bridgehead atoms. The Morgan fingerprint density at radius 3 is 2.87 bits per heavy atom. The van der Waals surface area contributed by atoms with Gasteiger partial charge in [0.1, 0.15) is 11.5 Å². The molecule has 0 saturated carbocycles. The maximum absolute atomic E-state index is 12.3. The lowest BCUT2D eigenvalue weighted by atomic mass is 9.97. The zero-order valence-electron chi connectivity index (χ0n) is 13.2. The van der Waals surface area contributed by atoms with Crippen LogP contribution in [-0.2, 0) is 21.4 Å². The third-order valence-electron chi connectivity index (χ3n) is 4.12. The predicted octanol–water partition coefficient (Wildman–Crippen LogP) is 0.413. The van der Waals surface area contributed by atoms with Gasteiger partial charge in [0.05, 0.1) is 26.9 Å². The molecule has 0 spiro atoms. The quantitative estimate of drug-likeness (QED) is 0.839. The van der Waals surface area contributed by atoms with E-state index in [0.717, 1.165) is 23.5 Å². The van der Waals surface area contributed by atoms with Crippen molar-refractivity contribution in [3.05, 3.63) is 23.8 Å². The first-order chi connectivity index (χ1) is 11.1. The molecule has 1 atom stereocenters. The fourth-order valence-corrected chi connectivity index (χ4v) is 4.03. The van der Waals surface area contributed by atoms with Gasteiger partial charge in [-0.1, -0.05) is 6.07 Å². The predicted molar refractivity (Wildman–Crippen MR) is 85.0 cm³/mol. The van der Waals surface area contributed by atoms with Crippen LogP contribution < -0.4 is 14.2 Å². The first-order valence-corrected chi connectivity index (χ1v) is 9.14. The minimum Gasteiger partial charge on any atom is -0.497 e. The molecule has 23 heavy (non-hydrogen) atoms. The molecule has 0 amide bonds. The largest absolute Gasteiger partial charge is 0.497 e. The molecule has 1 N–H and O–H groups in total. The van der Waals surface area contributed by atoms with Crippen molar-refractivity contribution >= 4 is 10.2 Å². The number of rotatable bonds is 5. The molecule has 1 saturated heterocycles. The van der Waals surface area contributed by atoms with Crippen molar-refractivity contribution in [1.82, 2.24) is 9.03 Å². The SMILES string of the molecule is COc1ccc2c(c1)OC[C@@H](CNS(=O)(=O)N1CCOCC1)C2. The first kappa shape index (κ1) is 16.5. The second-order valence-corrected chi connectivity index (χ2v) is 7.47. The number of hydrogen-bond donors (Lipinski definition) is 1. The van der Waals surface area contributed by atoms with Crippen LogP contribution >= 0.6 is 0 Å². The minimum atomic E-state index is -3.44. The van der Waals surface area contributed by atoms with Gasteiger partial charge in [-0.15, -0.1) is 0 Å². The number of benzene rings is 1. The van der Waals surface area contributed by atoms with E-state index in [0.29, 0.717) is 39.5 Å². The Morgan fingerprint density at radius 2 is 2.13 bits per heavy atom. The van der Waals surface area contributed by atoms with Crippen molar-refractivity contribution in [2.24, 2.45) is 5.92 Å². The summed E-state index contributed by atoms with van der Waals surface area (Å²) in [6.07, 6.45) is 0.783. The Morgan fingerprint density at radius 1 is 1.35 bits per heavy atom. The molecular formula is C15H22N2O5S. The van der Waals surface area contributed by atoms with E-state index in [-0.39, 0.29) is 5.92 Å². The summed E-state index contributed by atoms with van der Waals surface area (Å²) < 4.78 is 44.7. The lowest BCUT2D eigenvalue weighted by molar-refractivity contribution is 0.0723. The van der Waals surface area contributed by atoms with Gasteiger partial charge in [-0.3, -0.25) is 0 Å². The summed E-state index contributed by atoms with van der Waals surface area (Å²) in [5.74, 6) is 1.69. The highest BCUT2D eigenvalue weighted by atomic mass is 32.2. The van der Waals surface area contributed by atoms with Crippen LogP contribution in [0.15, 0.2) is 18.2 Å². The fourth-order valence-electron chi connectivity index (χ4n) is 2.77. The molecule has 0 radical (unpaired) electrons. The van der Waals surface area contributed by atoms with Crippen LogP contribution in [-0.4, -0.2) is 59.3 Å². The molecule has 1 aromatic rings. The van der Waals surface area contributed by atoms with Crippen LogP contribution in [0, 0.1) is 5.92 Å². The van der Waals surface area contributed by atoms with E-state index >= 15 is 0 Å². The highest BCUT2D eigenvalue weighted by Crippen LogP contribution is 2.30. The van der Waals surface area contributed by atoms with E-state index in [1.807, 2.05) is 18.2 Å². The lowest BCUT2D eigenvalue weighted by Crippen LogP contribution is -2.48. The van der Waals surface area contributed by atoms with Gasteiger partial charge in [-0.2, -0.15) is 12.7 Å². The molecule has 8 heteroatoms. The number of ether oxygens (including phenoxy) is 3. The number of hydrogen-bond acceptors (Lipinski definition) is 5. The van der Waals surface area contributed by atoms with Crippen LogP contribution in [0.25, 0.3) is 0 Å². The summed E-state index contributed by atoms with van der Waals surface area (Å²) >= 11 is 0. The number of methoxy groups -OCH3 is 1. The van der Waals surface area contributed by atoms with E-state index in [2.05, 4.69) is 4.72 Å². The van der Waals surface area contributed by atoms with Crippen LogP contribution in [0.2, 0.25) is 0 Å². The van der Waals surface area contributed by atoms with Gasteiger partial charge in [0, 0.05) is 31.6 Å². The molecule has 0 unspecified atom stereocenters. The Bertz CT molecular complexity index is 643. The van der Waals surface area contributed by atoms with Gasteiger partial charge in [0.2, 0.25) is 0 Å². The second kappa shape index (κ2) is 7.04. The average molecular weight is 342 g/mol. The molecule has 1 fully saturated rings. The van der Waals surface area contributed by atoms with E-state index in [9.17, 15) is 8.42 Å². The monoisotopic (exact) mass is 342 g/mol. The number of nitrogens with one attached hydrogen (secondary N) is 1.